The summed E-state index contributed by atoms with van der Waals surface area (Å²) in [5.74, 6) is -1.19. The summed E-state index contributed by atoms with van der Waals surface area (Å²) in [5.41, 5.74) is 3.40. The van der Waals surface area contributed by atoms with Gasteiger partial charge in [0.15, 0.2) is 0 Å². The summed E-state index contributed by atoms with van der Waals surface area (Å²) >= 11 is 0. The van der Waals surface area contributed by atoms with Gasteiger partial charge in [-0.2, -0.15) is 4.31 Å². The average molecular weight is 627 g/mol. The van der Waals surface area contributed by atoms with Gasteiger partial charge in [-0.25, -0.2) is 17.6 Å². The molecule has 1 amide bonds. The summed E-state index contributed by atoms with van der Waals surface area (Å²) in [6.07, 6.45) is 3.24. The highest BCUT2D eigenvalue weighted by molar-refractivity contribution is 7.89. The zero-order valence-electron chi connectivity index (χ0n) is 26.5. The zero-order chi connectivity index (χ0) is 32.4. The van der Waals surface area contributed by atoms with E-state index in [4.69, 9.17) is 9.47 Å². The van der Waals surface area contributed by atoms with Gasteiger partial charge >= 0.3 is 5.97 Å². The fourth-order valence-electron chi connectivity index (χ4n) is 4.87. The van der Waals surface area contributed by atoms with Gasteiger partial charge in [-0.1, -0.05) is 56.5 Å². The van der Waals surface area contributed by atoms with Crippen molar-refractivity contribution < 1.29 is 31.9 Å². The maximum atomic E-state index is 13.9. The molecule has 0 aliphatic carbocycles. The van der Waals surface area contributed by atoms with E-state index in [9.17, 15) is 22.4 Å². The van der Waals surface area contributed by atoms with Crippen molar-refractivity contribution in [2.24, 2.45) is 0 Å². The van der Waals surface area contributed by atoms with Crippen molar-refractivity contribution in [3.05, 3.63) is 88.2 Å². The van der Waals surface area contributed by atoms with Crippen LogP contribution in [0.15, 0.2) is 59.5 Å². The molecule has 3 aromatic rings. The predicted octanol–water partition coefficient (Wildman–Crippen LogP) is 6.74. The minimum absolute atomic E-state index is 0.0320. The quantitative estimate of drug-likeness (QED) is 0.137. The second kappa shape index (κ2) is 15.8. The lowest BCUT2D eigenvalue weighted by atomic mass is 10.1. The number of hydrogen-bond acceptors (Lipinski definition) is 6. The van der Waals surface area contributed by atoms with E-state index in [0.29, 0.717) is 29.0 Å². The number of hydrogen-bond donors (Lipinski definition) is 0. The highest BCUT2D eigenvalue weighted by Gasteiger charge is 2.29. The number of nitrogens with zero attached hydrogens (tertiary/aromatic N) is 2. The van der Waals surface area contributed by atoms with E-state index in [1.165, 1.54) is 24.1 Å². The number of amides is 1. The number of esters is 1. The zero-order valence-corrected chi connectivity index (χ0v) is 27.3. The van der Waals surface area contributed by atoms with E-state index in [1.54, 1.807) is 56.3 Å². The molecule has 0 saturated heterocycles. The van der Waals surface area contributed by atoms with Crippen LogP contribution in [0.25, 0.3) is 0 Å². The van der Waals surface area contributed by atoms with Crippen LogP contribution in [-0.4, -0.2) is 51.4 Å². The van der Waals surface area contributed by atoms with Crippen LogP contribution in [0.3, 0.4) is 0 Å². The molecule has 0 heterocycles. The number of rotatable bonds is 15. The van der Waals surface area contributed by atoms with Crippen molar-refractivity contribution in [2.75, 3.05) is 31.7 Å². The van der Waals surface area contributed by atoms with Gasteiger partial charge < -0.3 is 14.4 Å². The van der Waals surface area contributed by atoms with Crippen LogP contribution in [0.1, 0.15) is 72.1 Å². The number of unbranched alkanes of at least 4 members (excludes halogenated alkanes) is 2. The SMILES string of the molecule is CCCCOC(=O)c1ccc(N(Cc2ccc(F)cc2)C(=O)CN(C)S(=O)(=O)c2c(C)cc(C)cc2C)cc1OCCCC. The van der Waals surface area contributed by atoms with Crippen LogP contribution in [0.2, 0.25) is 0 Å². The van der Waals surface area contributed by atoms with Crippen molar-refractivity contribution in [3.63, 3.8) is 0 Å². The third-order valence-corrected chi connectivity index (χ3v) is 9.28. The van der Waals surface area contributed by atoms with Gasteiger partial charge in [0, 0.05) is 18.8 Å². The van der Waals surface area contributed by atoms with E-state index in [1.807, 2.05) is 20.8 Å². The van der Waals surface area contributed by atoms with Crippen LogP contribution < -0.4 is 9.64 Å². The maximum absolute atomic E-state index is 13.9. The van der Waals surface area contributed by atoms with Crippen LogP contribution in [-0.2, 0) is 26.1 Å². The standard InChI is InChI=1S/C34H43FN2O6S/c1-7-9-17-42-31-21-29(15-16-30(31)34(39)43-18-10-8-2)37(22-27-11-13-28(35)14-12-27)32(38)23-36(6)44(40,41)33-25(4)19-24(3)20-26(33)5/h11-16,19-21H,7-10,17-18,22-23H2,1-6H3. The van der Waals surface area contributed by atoms with Gasteiger partial charge in [0.1, 0.15) is 17.1 Å². The first-order valence-corrected chi connectivity index (χ1v) is 16.4. The van der Waals surface area contributed by atoms with Gasteiger partial charge in [-0.3, -0.25) is 4.79 Å². The number of ether oxygens (including phenoxy) is 2. The maximum Gasteiger partial charge on any atom is 0.341 e. The Morgan fingerprint density at radius 2 is 1.48 bits per heavy atom. The molecule has 0 atom stereocenters. The van der Waals surface area contributed by atoms with Crippen LogP contribution >= 0.6 is 0 Å². The summed E-state index contributed by atoms with van der Waals surface area (Å²) in [6.45, 7) is 9.60. The Morgan fingerprint density at radius 1 is 0.864 bits per heavy atom. The Labute approximate surface area is 260 Å². The minimum Gasteiger partial charge on any atom is -0.493 e. The Balaban J connectivity index is 2.00. The lowest BCUT2D eigenvalue weighted by Crippen LogP contribution is -2.41. The van der Waals surface area contributed by atoms with Crippen molar-refractivity contribution in [1.82, 2.24) is 4.31 Å². The Bertz CT molecular complexity index is 1530. The molecule has 0 aliphatic heterocycles. The molecule has 0 unspecified atom stereocenters. The molecule has 8 nitrogen and oxygen atoms in total. The largest absolute Gasteiger partial charge is 0.493 e. The van der Waals surface area contributed by atoms with Crippen LogP contribution in [0.5, 0.6) is 5.75 Å². The van der Waals surface area contributed by atoms with Gasteiger partial charge in [-0.05, 0) is 74.6 Å². The van der Waals surface area contributed by atoms with Crippen molar-refractivity contribution in [3.8, 4) is 5.75 Å². The van der Waals surface area contributed by atoms with E-state index < -0.39 is 34.3 Å². The molecule has 3 rings (SSSR count). The lowest BCUT2D eigenvalue weighted by Gasteiger charge is -2.27. The van der Waals surface area contributed by atoms with E-state index in [0.717, 1.165) is 35.6 Å². The Kier molecular flexibility index (Phi) is 12.5. The number of carbonyl (C=O) groups excluding carboxylic acids is 2. The molecule has 10 heteroatoms. The molecule has 0 aromatic heterocycles. The minimum atomic E-state index is -4.01. The number of carbonyl (C=O) groups is 2. The first-order chi connectivity index (χ1) is 20.9. The Hall–Kier alpha value is -3.76. The van der Waals surface area contributed by atoms with Gasteiger partial charge in [0.25, 0.3) is 0 Å². The fourth-order valence-corrected chi connectivity index (χ4v) is 6.39. The number of aryl methyl sites for hydroxylation is 3. The normalized spacial score (nSPS) is 11.5. The third-order valence-electron chi connectivity index (χ3n) is 7.17. The molecule has 0 spiro atoms. The molecule has 3 aromatic carbocycles. The number of anilines is 1. The molecular weight excluding hydrogens is 583 g/mol. The van der Waals surface area contributed by atoms with Gasteiger partial charge in [0.05, 0.1) is 31.2 Å². The Morgan fingerprint density at radius 3 is 2.09 bits per heavy atom. The number of likely N-dealkylation sites (N-methyl/N-ethyl adjacent to an activating group) is 1. The van der Waals surface area contributed by atoms with Crippen molar-refractivity contribution in [2.45, 2.75) is 71.7 Å². The second-order valence-corrected chi connectivity index (χ2v) is 12.9. The lowest BCUT2D eigenvalue weighted by molar-refractivity contribution is -0.118. The predicted molar refractivity (Wildman–Crippen MR) is 170 cm³/mol. The molecule has 0 bridgehead atoms. The third kappa shape index (κ3) is 8.89. The summed E-state index contributed by atoms with van der Waals surface area (Å²) < 4.78 is 53.4. The molecule has 0 radical (unpaired) electrons. The van der Waals surface area contributed by atoms with Gasteiger partial charge in [0.2, 0.25) is 15.9 Å². The fraction of sp³-hybridized carbons (Fsp3) is 0.412. The molecule has 0 aliphatic rings. The first-order valence-electron chi connectivity index (χ1n) is 14.9. The van der Waals surface area contributed by atoms with E-state index >= 15 is 0 Å². The average Bonchev–Trinajstić information content (AvgIpc) is 2.96. The van der Waals surface area contributed by atoms with Crippen molar-refractivity contribution >= 4 is 27.6 Å². The summed E-state index contributed by atoms with van der Waals surface area (Å²) in [6, 6.07) is 14.1. The molecule has 44 heavy (non-hydrogen) atoms. The molecule has 238 valence electrons. The highest BCUT2D eigenvalue weighted by Crippen LogP contribution is 2.30. The summed E-state index contributed by atoms with van der Waals surface area (Å²) in [5, 5.41) is 0. The second-order valence-electron chi connectivity index (χ2n) is 11.0. The molecule has 0 N–H and O–H groups in total. The number of halogens is 1. The number of sulfonamides is 1. The monoisotopic (exact) mass is 626 g/mol. The molecular formula is C34H43FN2O6S. The topological polar surface area (TPSA) is 93.2 Å². The molecule has 0 fully saturated rings. The van der Waals surface area contributed by atoms with Crippen LogP contribution in [0, 0.1) is 26.6 Å². The molecule has 0 saturated carbocycles. The summed E-state index contributed by atoms with van der Waals surface area (Å²) in [7, 11) is -2.64. The number of benzene rings is 3. The summed E-state index contributed by atoms with van der Waals surface area (Å²) in [4.78, 5) is 28.4. The smallest absolute Gasteiger partial charge is 0.341 e. The van der Waals surface area contributed by atoms with E-state index in [-0.39, 0.29) is 29.4 Å². The van der Waals surface area contributed by atoms with Gasteiger partial charge in [-0.15, -0.1) is 0 Å². The first kappa shape index (κ1) is 34.7. The van der Waals surface area contributed by atoms with Crippen LogP contribution in [0.4, 0.5) is 10.1 Å². The van der Waals surface area contributed by atoms with Crippen molar-refractivity contribution in [1.29, 1.82) is 0 Å². The highest BCUT2D eigenvalue weighted by atomic mass is 32.2. The van der Waals surface area contributed by atoms with E-state index in [2.05, 4.69) is 0 Å².